The van der Waals surface area contributed by atoms with Gasteiger partial charge in [-0.05, 0) is 25.0 Å². The first kappa shape index (κ1) is 15.7. The molecule has 0 aliphatic heterocycles. The van der Waals surface area contributed by atoms with Crippen LogP contribution < -0.4 is 0 Å². The van der Waals surface area contributed by atoms with E-state index in [0.29, 0.717) is 0 Å². The number of benzene rings is 2. The molecule has 2 N–H and O–H groups in total. The molecule has 2 atom stereocenters. The summed E-state index contributed by atoms with van der Waals surface area (Å²) in [6.07, 6.45) is -1.23. The van der Waals surface area contributed by atoms with E-state index in [4.69, 9.17) is 0 Å². The van der Waals surface area contributed by atoms with Gasteiger partial charge in [0.05, 0.1) is 12.2 Å². The second-order valence-electron chi connectivity index (χ2n) is 5.94. The highest BCUT2D eigenvalue weighted by atomic mass is 16.3. The summed E-state index contributed by atoms with van der Waals surface area (Å²) in [5, 5.41) is 20.6. The smallest absolute Gasteiger partial charge is 0.0576 e. The Labute approximate surface area is 127 Å². The molecule has 2 aromatic rings. The lowest BCUT2D eigenvalue weighted by molar-refractivity contribution is -0.000375. The minimum Gasteiger partial charge on any atom is -0.393 e. The molecule has 0 saturated carbocycles. The molecule has 0 heterocycles. The van der Waals surface area contributed by atoms with Crippen molar-refractivity contribution in [3.8, 4) is 0 Å². The van der Waals surface area contributed by atoms with Crippen molar-refractivity contribution in [2.75, 3.05) is 0 Å². The van der Waals surface area contributed by atoms with Gasteiger partial charge in [0.2, 0.25) is 0 Å². The van der Waals surface area contributed by atoms with Crippen molar-refractivity contribution in [3.63, 3.8) is 0 Å². The second-order valence-corrected chi connectivity index (χ2v) is 5.94. The Balaban J connectivity index is 2.65. The summed E-state index contributed by atoms with van der Waals surface area (Å²) in [6.45, 7) is 5.60. The Kier molecular flexibility index (Phi) is 4.81. The molecule has 0 radical (unpaired) electrons. The Morgan fingerprint density at radius 1 is 0.714 bits per heavy atom. The van der Waals surface area contributed by atoms with E-state index < -0.39 is 17.6 Å². The monoisotopic (exact) mass is 284 g/mol. The number of hydrogen-bond acceptors (Lipinski definition) is 2. The van der Waals surface area contributed by atoms with Crippen LogP contribution in [-0.4, -0.2) is 22.4 Å². The van der Waals surface area contributed by atoms with E-state index in [0.717, 1.165) is 11.1 Å². The maximum Gasteiger partial charge on any atom is 0.0576 e. The lowest BCUT2D eigenvalue weighted by Gasteiger charge is -2.42. The van der Waals surface area contributed by atoms with Crippen LogP contribution in [0.25, 0.3) is 0 Å². The molecule has 0 bridgehead atoms. The number of aliphatic hydroxyl groups is 2. The SMILES string of the molecule is CC(O)C(C(C)O)C(C)(c1ccccc1)c1ccccc1. The van der Waals surface area contributed by atoms with Crippen molar-refractivity contribution < 1.29 is 10.2 Å². The zero-order valence-electron chi connectivity index (χ0n) is 12.9. The van der Waals surface area contributed by atoms with Crippen LogP contribution in [0.3, 0.4) is 0 Å². The Morgan fingerprint density at radius 3 is 1.33 bits per heavy atom. The minimum absolute atomic E-state index is 0.290. The fourth-order valence-corrected chi connectivity index (χ4v) is 3.49. The van der Waals surface area contributed by atoms with Crippen LogP contribution in [0, 0.1) is 5.92 Å². The lowest BCUT2D eigenvalue weighted by Crippen LogP contribution is -2.45. The molecule has 2 rings (SSSR count). The van der Waals surface area contributed by atoms with E-state index in [-0.39, 0.29) is 5.92 Å². The highest BCUT2D eigenvalue weighted by Crippen LogP contribution is 2.42. The maximum atomic E-state index is 10.3. The summed E-state index contributed by atoms with van der Waals surface area (Å²) < 4.78 is 0. The normalized spacial score (nSPS) is 16.2. The van der Waals surface area contributed by atoms with Gasteiger partial charge in [0.25, 0.3) is 0 Å². The Bertz CT molecular complexity index is 499. The van der Waals surface area contributed by atoms with Crippen LogP contribution in [0.4, 0.5) is 0 Å². The van der Waals surface area contributed by atoms with Crippen LogP contribution >= 0.6 is 0 Å². The van der Waals surface area contributed by atoms with Gasteiger partial charge in [-0.15, -0.1) is 0 Å². The van der Waals surface area contributed by atoms with Crippen LogP contribution in [0.2, 0.25) is 0 Å². The number of aliphatic hydroxyl groups excluding tert-OH is 2. The summed E-state index contributed by atoms with van der Waals surface area (Å²) in [4.78, 5) is 0. The quantitative estimate of drug-likeness (QED) is 0.883. The van der Waals surface area contributed by atoms with Crippen molar-refractivity contribution in [1.29, 1.82) is 0 Å². The molecule has 0 aromatic heterocycles. The van der Waals surface area contributed by atoms with Crippen LogP contribution in [0.1, 0.15) is 31.9 Å². The van der Waals surface area contributed by atoms with Crippen LogP contribution in [0.15, 0.2) is 60.7 Å². The standard InChI is InChI=1S/C19H24O2/c1-14(20)18(15(2)21)19(3,16-10-6-4-7-11-16)17-12-8-5-9-13-17/h4-15,18,20-21H,1-3H3. The first-order valence-corrected chi connectivity index (χ1v) is 7.45. The van der Waals surface area contributed by atoms with Gasteiger partial charge in [-0.25, -0.2) is 0 Å². The molecule has 2 aromatic carbocycles. The van der Waals surface area contributed by atoms with Gasteiger partial charge in [0, 0.05) is 11.3 Å². The van der Waals surface area contributed by atoms with E-state index >= 15 is 0 Å². The third kappa shape index (κ3) is 3.02. The van der Waals surface area contributed by atoms with Crippen molar-refractivity contribution in [3.05, 3.63) is 71.8 Å². The molecule has 0 amide bonds. The van der Waals surface area contributed by atoms with Gasteiger partial charge in [-0.3, -0.25) is 0 Å². The van der Waals surface area contributed by atoms with Crippen molar-refractivity contribution in [2.24, 2.45) is 5.92 Å². The highest BCUT2D eigenvalue weighted by Gasteiger charge is 2.42. The largest absolute Gasteiger partial charge is 0.393 e. The first-order valence-electron chi connectivity index (χ1n) is 7.45. The topological polar surface area (TPSA) is 40.5 Å². The van der Waals surface area contributed by atoms with E-state index in [1.165, 1.54) is 0 Å². The summed E-state index contributed by atoms with van der Waals surface area (Å²) in [5.41, 5.74) is 1.75. The third-order valence-electron chi connectivity index (χ3n) is 4.45. The molecule has 0 fully saturated rings. The van der Waals surface area contributed by atoms with E-state index in [1.54, 1.807) is 13.8 Å². The maximum absolute atomic E-state index is 10.3. The van der Waals surface area contributed by atoms with E-state index in [9.17, 15) is 10.2 Å². The summed E-state index contributed by atoms with van der Waals surface area (Å²) in [7, 11) is 0. The summed E-state index contributed by atoms with van der Waals surface area (Å²) in [6, 6.07) is 20.2. The molecule has 2 heteroatoms. The third-order valence-corrected chi connectivity index (χ3v) is 4.45. The molecular weight excluding hydrogens is 260 g/mol. The molecule has 21 heavy (non-hydrogen) atoms. The molecule has 0 saturated heterocycles. The van der Waals surface area contributed by atoms with Crippen LogP contribution in [-0.2, 0) is 5.41 Å². The van der Waals surface area contributed by atoms with E-state index in [1.807, 2.05) is 36.4 Å². The van der Waals surface area contributed by atoms with Crippen molar-refractivity contribution in [2.45, 2.75) is 38.4 Å². The predicted molar refractivity (Wildman–Crippen MR) is 86.2 cm³/mol. The fraction of sp³-hybridized carbons (Fsp3) is 0.368. The molecule has 0 aliphatic rings. The molecule has 2 nitrogen and oxygen atoms in total. The first-order chi connectivity index (χ1) is 9.98. The molecule has 0 aliphatic carbocycles. The zero-order chi connectivity index (χ0) is 15.5. The lowest BCUT2D eigenvalue weighted by atomic mass is 9.64. The number of rotatable bonds is 5. The zero-order valence-corrected chi connectivity index (χ0v) is 12.9. The number of hydrogen-bond donors (Lipinski definition) is 2. The average molecular weight is 284 g/mol. The molecule has 2 unspecified atom stereocenters. The Hall–Kier alpha value is -1.64. The predicted octanol–water partition coefficient (Wildman–Crippen LogP) is 3.37. The Morgan fingerprint density at radius 2 is 1.05 bits per heavy atom. The van der Waals surface area contributed by atoms with Crippen molar-refractivity contribution in [1.82, 2.24) is 0 Å². The minimum atomic E-state index is -0.615. The van der Waals surface area contributed by atoms with Gasteiger partial charge >= 0.3 is 0 Å². The molecule has 112 valence electrons. The van der Waals surface area contributed by atoms with Gasteiger partial charge in [-0.1, -0.05) is 67.6 Å². The van der Waals surface area contributed by atoms with Crippen molar-refractivity contribution >= 4 is 0 Å². The molecular formula is C19H24O2. The van der Waals surface area contributed by atoms with Gasteiger partial charge in [0.15, 0.2) is 0 Å². The summed E-state index contributed by atoms with van der Waals surface area (Å²) >= 11 is 0. The molecule has 0 spiro atoms. The fourth-order valence-electron chi connectivity index (χ4n) is 3.49. The van der Waals surface area contributed by atoms with E-state index in [2.05, 4.69) is 31.2 Å². The highest BCUT2D eigenvalue weighted by molar-refractivity contribution is 5.40. The van der Waals surface area contributed by atoms with Gasteiger partial charge in [-0.2, -0.15) is 0 Å². The summed E-state index contributed by atoms with van der Waals surface area (Å²) in [5.74, 6) is -0.290. The second kappa shape index (κ2) is 6.42. The van der Waals surface area contributed by atoms with Gasteiger partial charge in [0.1, 0.15) is 0 Å². The van der Waals surface area contributed by atoms with Crippen LogP contribution in [0.5, 0.6) is 0 Å². The van der Waals surface area contributed by atoms with Gasteiger partial charge < -0.3 is 10.2 Å². The average Bonchev–Trinajstić information content (AvgIpc) is 2.48.